The summed E-state index contributed by atoms with van der Waals surface area (Å²) < 4.78 is 6.02. The molecule has 1 heteroatoms. The molecule has 1 aliphatic rings. The van der Waals surface area contributed by atoms with E-state index < -0.39 is 0 Å². The molecule has 3 rings (SSSR count). The summed E-state index contributed by atoms with van der Waals surface area (Å²) in [5.74, 6) is 1.54. The molecule has 1 nitrogen and oxygen atoms in total. The van der Waals surface area contributed by atoms with Crippen LogP contribution in [0.25, 0.3) is 0 Å². The molecule has 0 saturated carbocycles. The quantitative estimate of drug-likeness (QED) is 0.692. The van der Waals surface area contributed by atoms with E-state index >= 15 is 0 Å². The standard InChI is InChI=1S/C19H22O/c1-2-9-15-20-19-14-8-7-13-18(19)17(12-6-1)16-10-4-3-5-11-16/h3-5,7-8,10-11,13-14,17H,1-2,6,9,12,15H2. The monoisotopic (exact) mass is 266 g/mol. The van der Waals surface area contributed by atoms with Crippen molar-refractivity contribution >= 4 is 0 Å². The number of benzene rings is 2. The van der Waals surface area contributed by atoms with Crippen LogP contribution in [0.5, 0.6) is 5.75 Å². The normalized spacial score (nSPS) is 19.7. The van der Waals surface area contributed by atoms with Crippen LogP contribution in [-0.4, -0.2) is 6.61 Å². The summed E-state index contributed by atoms with van der Waals surface area (Å²) in [5.41, 5.74) is 2.75. The number of rotatable bonds is 1. The average Bonchev–Trinajstić information content (AvgIpc) is 2.52. The Bertz CT molecular complexity index is 532. The first-order valence-corrected chi connectivity index (χ1v) is 7.72. The topological polar surface area (TPSA) is 9.23 Å². The van der Waals surface area contributed by atoms with E-state index in [1.54, 1.807) is 0 Å². The van der Waals surface area contributed by atoms with Gasteiger partial charge in [-0.3, -0.25) is 0 Å². The van der Waals surface area contributed by atoms with Gasteiger partial charge in [0.05, 0.1) is 6.61 Å². The van der Waals surface area contributed by atoms with Crippen LogP contribution in [0.15, 0.2) is 54.6 Å². The van der Waals surface area contributed by atoms with Crippen molar-refractivity contribution in [1.82, 2.24) is 0 Å². The molecule has 2 aromatic rings. The van der Waals surface area contributed by atoms with Crippen molar-refractivity contribution in [1.29, 1.82) is 0 Å². The Morgan fingerprint density at radius 2 is 1.50 bits per heavy atom. The van der Waals surface area contributed by atoms with E-state index in [-0.39, 0.29) is 0 Å². The lowest BCUT2D eigenvalue weighted by Gasteiger charge is -2.22. The van der Waals surface area contributed by atoms with Gasteiger partial charge in [-0.2, -0.15) is 0 Å². The maximum absolute atomic E-state index is 6.02. The van der Waals surface area contributed by atoms with E-state index in [0.717, 1.165) is 12.4 Å². The predicted octanol–water partition coefficient (Wildman–Crippen LogP) is 5.16. The van der Waals surface area contributed by atoms with Crippen molar-refractivity contribution in [3.05, 3.63) is 65.7 Å². The van der Waals surface area contributed by atoms with E-state index in [1.165, 1.54) is 43.2 Å². The summed E-state index contributed by atoms with van der Waals surface area (Å²) in [4.78, 5) is 0. The van der Waals surface area contributed by atoms with E-state index in [2.05, 4.69) is 54.6 Å². The Hall–Kier alpha value is -1.76. The Morgan fingerprint density at radius 1 is 0.750 bits per heavy atom. The van der Waals surface area contributed by atoms with Crippen molar-refractivity contribution in [2.24, 2.45) is 0 Å². The second-order valence-electron chi connectivity index (χ2n) is 5.55. The van der Waals surface area contributed by atoms with Crippen molar-refractivity contribution in [2.75, 3.05) is 6.61 Å². The minimum atomic E-state index is 0.463. The average molecular weight is 266 g/mol. The fourth-order valence-electron chi connectivity index (χ4n) is 3.07. The highest BCUT2D eigenvalue weighted by Gasteiger charge is 2.18. The lowest BCUT2D eigenvalue weighted by atomic mass is 9.86. The number of hydrogen-bond donors (Lipinski definition) is 0. The van der Waals surface area contributed by atoms with Crippen molar-refractivity contribution in [2.45, 2.75) is 38.0 Å². The summed E-state index contributed by atoms with van der Waals surface area (Å²) in [6, 6.07) is 19.4. The third-order valence-corrected chi connectivity index (χ3v) is 4.14. The molecule has 0 aliphatic carbocycles. The van der Waals surface area contributed by atoms with Gasteiger partial charge in [-0.15, -0.1) is 0 Å². The van der Waals surface area contributed by atoms with Gasteiger partial charge in [0.1, 0.15) is 5.75 Å². The molecule has 104 valence electrons. The zero-order valence-electron chi connectivity index (χ0n) is 11.9. The SMILES string of the molecule is c1ccc(C2CCCCCCOc3ccccc32)cc1. The van der Waals surface area contributed by atoms with E-state index in [1.807, 2.05) is 0 Å². The molecule has 0 fully saturated rings. The van der Waals surface area contributed by atoms with Crippen molar-refractivity contribution < 1.29 is 4.74 Å². The minimum Gasteiger partial charge on any atom is -0.493 e. The first-order chi connectivity index (χ1) is 9.95. The fourth-order valence-corrected chi connectivity index (χ4v) is 3.07. The molecule has 0 spiro atoms. The predicted molar refractivity (Wildman–Crippen MR) is 83.3 cm³/mol. The Labute approximate surface area is 121 Å². The highest BCUT2D eigenvalue weighted by molar-refractivity contribution is 5.42. The van der Waals surface area contributed by atoms with Gasteiger partial charge in [0.15, 0.2) is 0 Å². The molecule has 0 bridgehead atoms. The Kier molecular flexibility index (Phi) is 4.37. The summed E-state index contributed by atoms with van der Waals surface area (Å²) >= 11 is 0. The third-order valence-electron chi connectivity index (χ3n) is 4.14. The molecule has 0 radical (unpaired) electrons. The zero-order valence-corrected chi connectivity index (χ0v) is 11.9. The smallest absolute Gasteiger partial charge is 0.123 e. The van der Waals surface area contributed by atoms with E-state index in [0.29, 0.717) is 5.92 Å². The van der Waals surface area contributed by atoms with E-state index in [9.17, 15) is 0 Å². The number of para-hydroxylation sites is 1. The molecular formula is C19H22O. The second-order valence-corrected chi connectivity index (χ2v) is 5.55. The summed E-state index contributed by atoms with van der Waals surface area (Å²) in [6.07, 6.45) is 6.28. The first kappa shape index (κ1) is 13.2. The molecule has 0 amide bonds. The maximum Gasteiger partial charge on any atom is 0.123 e. The van der Waals surface area contributed by atoms with Crippen LogP contribution in [0.2, 0.25) is 0 Å². The first-order valence-electron chi connectivity index (χ1n) is 7.72. The van der Waals surface area contributed by atoms with E-state index in [4.69, 9.17) is 4.74 Å². The summed E-state index contributed by atoms with van der Waals surface area (Å²) in [6.45, 7) is 0.846. The molecule has 1 atom stereocenters. The molecule has 0 N–H and O–H groups in total. The molecule has 20 heavy (non-hydrogen) atoms. The molecule has 1 heterocycles. The maximum atomic E-state index is 6.02. The van der Waals surface area contributed by atoms with Gasteiger partial charge in [-0.1, -0.05) is 67.8 Å². The van der Waals surface area contributed by atoms with Gasteiger partial charge >= 0.3 is 0 Å². The van der Waals surface area contributed by atoms with Gasteiger partial charge in [-0.05, 0) is 24.5 Å². The van der Waals surface area contributed by atoms with Crippen LogP contribution < -0.4 is 4.74 Å². The van der Waals surface area contributed by atoms with Crippen LogP contribution in [-0.2, 0) is 0 Å². The van der Waals surface area contributed by atoms with Crippen LogP contribution >= 0.6 is 0 Å². The molecular weight excluding hydrogens is 244 g/mol. The number of ether oxygens (including phenoxy) is 1. The summed E-state index contributed by atoms with van der Waals surface area (Å²) in [5, 5.41) is 0. The number of fused-ring (bicyclic) bond motifs is 1. The van der Waals surface area contributed by atoms with Crippen LogP contribution in [0.1, 0.15) is 49.1 Å². The molecule has 2 aromatic carbocycles. The van der Waals surface area contributed by atoms with Gasteiger partial charge < -0.3 is 4.74 Å². The molecule has 0 saturated heterocycles. The minimum absolute atomic E-state index is 0.463. The highest BCUT2D eigenvalue weighted by Crippen LogP contribution is 2.36. The number of hydrogen-bond acceptors (Lipinski definition) is 1. The zero-order chi connectivity index (χ0) is 13.6. The molecule has 1 aliphatic heterocycles. The van der Waals surface area contributed by atoms with Crippen molar-refractivity contribution in [3.8, 4) is 5.75 Å². The molecule has 0 aromatic heterocycles. The van der Waals surface area contributed by atoms with Gasteiger partial charge in [-0.25, -0.2) is 0 Å². The van der Waals surface area contributed by atoms with Gasteiger partial charge in [0.25, 0.3) is 0 Å². The van der Waals surface area contributed by atoms with Crippen LogP contribution in [0, 0.1) is 0 Å². The fraction of sp³-hybridized carbons (Fsp3) is 0.368. The molecule has 1 unspecified atom stereocenters. The van der Waals surface area contributed by atoms with Crippen LogP contribution in [0.4, 0.5) is 0 Å². The Balaban J connectivity index is 1.98. The van der Waals surface area contributed by atoms with Gasteiger partial charge in [0, 0.05) is 11.5 Å². The Morgan fingerprint density at radius 3 is 2.40 bits per heavy atom. The highest BCUT2D eigenvalue weighted by atomic mass is 16.5. The van der Waals surface area contributed by atoms with Crippen LogP contribution in [0.3, 0.4) is 0 Å². The third kappa shape index (κ3) is 3.04. The lowest BCUT2D eigenvalue weighted by molar-refractivity contribution is 0.296. The second kappa shape index (κ2) is 6.60. The van der Waals surface area contributed by atoms with Crippen molar-refractivity contribution in [3.63, 3.8) is 0 Å². The summed E-state index contributed by atoms with van der Waals surface area (Å²) in [7, 11) is 0. The lowest BCUT2D eigenvalue weighted by Crippen LogP contribution is -2.08. The largest absolute Gasteiger partial charge is 0.493 e. The van der Waals surface area contributed by atoms with Gasteiger partial charge in [0.2, 0.25) is 0 Å².